The first kappa shape index (κ1) is 11.6. The Morgan fingerprint density at radius 2 is 2.13 bits per heavy atom. The number of carbonyl (C=O) groups excluding carboxylic acids is 1. The molecule has 0 N–H and O–H groups in total. The summed E-state index contributed by atoms with van der Waals surface area (Å²) in [5, 5.41) is 0.523. The average Bonchev–Trinajstić information content (AvgIpc) is 2.26. The number of esters is 1. The summed E-state index contributed by atoms with van der Waals surface area (Å²) in [5.41, 5.74) is 0.739. The van der Waals surface area contributed by atoms with Crippen molar-refractivity contribution in [2.45, 2.75) is 0 Å². The van der Waals surface area contributed by atoms with Gasteiger partial charge in [0.15, 0.2) is 0 Å². The van der Waals surface area contributed by atoms with Crippen LogP contribution < -0.4 is 4.74 Å². The van der Waals surface area contributed by atoms with Gasteiger partial charge in [0.2, 0.25) is 0 Å². The topological polar surface area (TPSA) is 35.5 Å². The van der Waals surface area contributed by atoms with Crippen LogP contribution in [0.2, 0.25) is 5.02 Å². The summed E-state index contributed by atoms with van der Waals surface area (Å²) >= 11 is 5.95. The molecule has 4 heteroatoms. The quantitative estimate of drug-likeness (QED) is 0.587. The maximum atomic E-state index is 10.8. The van der Waals surface area contributed by atoms with E-state index in [1.807, 2.05) is 0 Å². The molecule has 0 fully saturated rings. The average molecular weight is 227 g/mol. The number of halogens is 1. The molecule has 0 spiro atoms. The second-order valence-corrected chi connectivity index (χ2v) is 3.15. The molecule has 0 aromatic heterocycles. The maximum Gasteiger partial charge on any atom is 0.330 e. The number of rotatable bonds is 3. The van der Waals surface area contributed by atoms with Crippen LogP contribution in [0.3, 0.4) is 0 Å². The zero-order valence-corrected chi connectivity index (χ0v) is 9.25. The van der Waals surface area contributed by atoms with Crippen molar-refractivity contribution in [1.82, 2.24) is 0 Å². The van der Waals surface area contributed by atoms with Crippen LogP contribution in [0.1, 0.15) is 5.56 Å². The lowest BCUT2D eigenvalue weighted by Gasteiger charge is -2.02. The highest BCUT2D eigenvalue weighted by Gasteiger charge is 1.99. The van der Waals surface area contributed by atoms with Crippen molar-refractivity contribution < 1.29 is 14.3 Å². The van der Waals surface area contributed by atoms with E-state index in [0.717, 1.165) is 5.56 Å². The third kappa shape index (κ3) is 3.29. The van der Waals surface area contributed by atoms with Gasteiger partial charge >= 0.3 is 5.97 Å². The predicted octanol–water partition coefficient (Wildman–Crippen LogP) is 2.53. The van der Waals surface area contributed by atoms with Crippen LogP contribution in [0.5, 0.6) is 5.75 Å². The normalized spacial score (nSPS) is 10.3. The Hall–Kier alpha value is -1.48. The first-order valence-corrected chi connectivity index (χ1v) is 4.64. The minimum absolute atomic E-state index is 0.415. The molecule has 0 unspecified atom stereocenters. The molecule has 1 rings (SSSR count). The number of hydrogen-bond acceptors (Lipinski definition) is 3. The molecule has 0 saturated heterocycles. The van der Waals surface area contributed by atoms with Gasteiger partial charge in [-0.1, -0.05) is 11.6 Å². The lowest BCUT2D eigenvalue weighted by atomic mass is 10.2. The molecule has 0 saturated carbocycles. The largest absolute Gasteiger partial charge is 0.497 e. The number of ether oxygens (including phenoxy) is 2. The highest BCUT2D eigenvalue weighted by atomic mass is 35.5. The third-order valence-corrected chi connectivity index (χ3v) is 2.14. The van der Waals surface area contributed by atoms with E-state index in [1.165, 1.54) is 13.2 Å². The molecule has 0 bridgehead atoms. The monoisotopic (exact) mass is 226 g/mol. The van der Waals surface area contributed by atoms with Gasteiger partial charge in [0.1, 0.15) is 5.75 Å². The Kier molecular flexibility index (Phi) is 4.18. The van der Waals surface area contributed by atoms with Gasteiger partial charge in [-0.15, -0.1) is 0 Å². The summed E-state index contributed by atoms with van der Waals surface area (Å²) in [5.74, 6) is 0.261. The van der Waals surface area contributed by atoms with Crippen LogP contribution in [0.4, 0.5) is 0 Å². The van der Waals surface area contributed by atoms with Gasteiger partial charge in [0, 0.05) is 6.08 Å². The van der Waals surface area contributed by atoms with Gasteiger partial charge in [-0.25, -0.2) is 4.79 Å². The van der Waals surface area contributed by atoms with Gasteiger partial charge in [-0.3, -0.25) is 0 Å². The Morgan fingerprint density at radius 3 is 2.67 bits per heavy atom. The fourth-order valence-electron chi connectivity index (χ4n) is 0.996. The van der Waals surface area contributed by atoms with Crippen LogP contribution in [-0.4, -0.2) is 20.2 Å². The molecule has 15 heavy (non-hydrogen) atoms. The number of hydrogen-bond donors (Lipinski definition) is 0. The van der Waals surface area contributed by atoms with Crippen molar-refractivity contribution in [3.8, 4) is 5.75 Å². The number of methoxy groups -OCH3 is 2. The van der Waals surface area contributed by atoms with Crippen LogP contribution in [0.25, 0.3) is 6.08 Å². The van der Waals surface area contributed by atoms with E-state index in [9.17, 15) is 4.79 Å². The van der Waals surface area contributed by atoms with Crippen molar-refractivity contribution in [2.24, 2.45) is 0 Å². The van der Waals surface area contributed by atoms with E-state index >= 15 is 0 Å². The second-order valence-electron chi connectivity index (χ2n) is 2.74. The summed E-state index contributed by atoms with van der Waals surface area (Å²) in [4.78, 5) is 10.8. The molecule has 80 valence electrons. The van der Waals surface area contributed by atoms with Crippen LogP contribution in [0, 0.1) is 0 Å². The SMILES string of the molecule is COC(=O)C=Cc1ccc(OC)cc1Cl. The van der Waals surface area contributed by atoms with Gasteiger partial charge in [-0.05, 0) is 29.8 Å². The predicted molar refractivity (Wildman–Crippen MR) is 59.1 cm³/mol. The van der Waals surface area contributed by atoms with Crippen LogP contribution in [-0.2, 0) is 9.53 Å². The maximum absolute atomic E-state index is 10.8. The summed E-state index contributed by atoms with van der Waals surface area (Å²) in [6, 6.07) is 5.21. The first-order chi connectivity index (χ1) is 7.17. The van der Waals surface area contributed by atoms with Gasteiger partial charge in [0.25, 0.3) is 0 Å². The van der Waals surface area contributed by atoms with E-state index in [-0.39, 0.29) is 0 Å². The fraction of sp³-hybridized carbons (Fsp3) is 0.182. The lowest BCUT2D eigenvalue weighted by molar-refractivity contribution is -0.134. The molecule has 0 aliphatic rings. The minimum Gasteiger partial charge on any atom is -0.497 e. The van der Waals surface area contributed by atoms with Crippen molar-refractivity contribution in [3.05, 3.63) is 34.9 Å². The zero-order valence-electron chi connectivity index (χ0n) is 8.49. The van der Waals surface area contributed by atoms with E-state index < -0.39 is 5.97 Å². The highest BCUT2D eigenvalue weighted by Crippen LogP contribution is 2.23. The summed E-state index contributed by atoms with van der Waals surface area (Å²) in [6.45, 7) is 0. The Labute approximate surface area is 93.3 Å². The van der Waals surface area contributed by atoms with Crippen molar-refractivity contribution in [1.29, 1.82) is 0 Å². The summed E-state index contributed by atoms with van der Waals surface area (Å²) < 4.78 is 9.46. The molecule has 0 aliphatic heterocycles. The smallest absolute Gasteiger partial charge is 0.330 e. The van der Waals surface area contributed by atoms with E-state index in [1.54, 1.807) is 31.4 Å². The molecule has 1 aromatic rings. The number of benzene rings is 1. The molecular weight excluding hydrogens is 216 g/mol. The molecule has 3 nitrogen and oxygen atoms in total. The Balaban J connectivity index is 2.87. The Morgan fingerprint density at radius 1 is 1.40 bits per heavy atom. The van der Waals surface area contributed by atoms with Crippen LogP contribution >= 0.6 is 11.6 Å². The second kappa shape index (κ2) is 5.41. The van der Waals surface area contributed by atoms with Crippen molar-refractivity contribution in [2.75, 3.05) is 14.2 Å². The Bertz CT molecular complexity index is 385. The van der Waals surface area contributed by atoms with Gasteiger partial charge < -0.3 is 9.47 Å². The van der Waals surface area contributed by atoms with Gasteiger partial charge in [0.05, 0.1) is 19.2 Å². The highest BCUT2D eigenvalue weighted by molar-refractivity contribution is 6.32. The van der Waals surface area contributed by atoms with E-state index in [4.69, 9.17) is 16.3 Å². The van der Waals surface area contributed by atoms with Crippen molar-refractivity contribution in [3.63, 3.8) is 0 Å². The van der Waals surface area contributed by atoms with E-state index in [2.05, 4.69) is 4.74 Å². The van der Waals surface area contributed by atoms with Crippen LogP contribution in [0.15, 0.2) is 24.3 Å². The standard InChI is InChI=1S/C11H11ClO3/c1-14-9-5-3-8(10(12)7-9)4-6-11(13)15-2/h3-7H,1-2H3. The zero-order chi connectivity index (χ0) is 11.3. The minimum atomic E-state index is -0.415. The molecule has 0 atom stereocenters. The molecular formula is C11H11ClO3. The van der Waals surface area contributed by atoms with Gasteiger partial charge in [-0.2, -0.15) is 0 Å². The summed E-state index contributed by atoms with van der Waals surface area (Å²) in [6.07, 6.45) is 2.90. The molecule has 0 heterocycles. The fourth-order valence-corrected chi connectivity index (χ4v) is 1.23. The lowest BCUT2D eigenvalue weighted by Crippen LogP contribution is -1.93. The molecule has 0 aliphatic carbocycles. The van der Waals surface area contributed by atoms with E-state index in [0.29, 0.717) is 10.8 Å². The molecule has 0 radical (unpaired) electrons. The summed E-state index contributed by atoms with van der Waals surface area (Å²) in [7, 11) is 2.89. The number of carbonyl (C=O) groups is 1. The third-order valence-electron chi connectivity index (χ3n) is 1.81. The molecule has 1 aromatic carbocycles. The first-order valence-electron chi connectivity index (χ1n) is 4.27. The molecule has 0 amide bonds. The van der Waals surface area contributed by atoms with Crippen molar-refractivity contribution >= 4 is 23.6 Å².